The summed E-state index contributed by atoms with van der Waals surface area (Å²) in [6.07, 6.45) is 10.6. The van der Waals surface area contributed by atoms with Gasteiger partial charge in [-0.2, -0.15) is 0 Å². The number of aliphatic imine (C=N–C) groups is 1. The fraction of sp³-hybridized carbons (Fsp3) is 0.261. The molecule has 0 aromatic heterocycles. The molecular weight excluding hydrogens is 290 g/mol. The monoisotopic (exact) mass is 321 g/mol. The Hall–Kier alpha value is -2.41. The molecule has 1 aromatic rings. The van der Waals surface area contributed by atoms with Crippen molar-refractivity contribution in [2.75, 3.05) is 7.05 Å². The quantitative estimate of drug-likeness (QED) is 0.418. The highest BCUT2D eigenvalue weighted by Gasteiger charge is 1.96. The molecule has 1 nitrogen and oxygen atoms in total. The standard InChI is InChI=1S/C12H14.C11H17N/c1-3-7-11(2)10-12-8-5-4-6-9-12;1-6-9(3)10(4)11(7-2)8-12-5/h3-9H,1,10H2,2H3;6-8H,2H2,1,3-5H3/b11-7+;9-6-,11-10+,12-8?. The van der Waals surface area contributed by atoms with E-state index in [0.717, 1.165) is 12.0 Å². The van der Waals surface area contributed by atoms with Gasteiger partial charge in [-0.15, -0.1) is 0 Å². The van der Waals surface area contributed by atoms with E-state index >= 15 is 0 Å². The normalized spacial score (nSPS) is 13.0. The summed E-state index contributed by atoms with van der Waals surface area (Å²) in [5.41, 5.74) is 6.29. The Morgan fingerprint density at radius 3 is 2.17 bits per heavy atom. The summed E-state index contributed by atoms with van der Waals surface area (Å²) in [5.74, 6) is 0. The second-order valence-electron chi connectivity index (χ2n) is 5.55. The number of rotatable bonds is 6. The van der Waals surface area contributed by atoms with Gasteiger partial charge in [-0.25, -0.2) is 0 Å². The van der Waals surface area contributed by atoms with Gasteiger partial charge in [0.05, 0.1) is 0 Å². The SMILES string of the molecule is C=C/C(C=NC)=C(C)\C(C)=C/C.C=C/C=C(\C)Cc1ccccc1. The Bertz CT molecular complexity index is 625. The van der Waals surface area contributed by atoms with Crippen LogP contribution in [0, 0.1) is 0 Å². The summed E-state index contributed by atoms with van der Waals surface area (Å²) in [5, 5.41) is 0. The minimum absolute atomic E-state index is 1.02. The van der Waals surface area contributed by atoms with E-state index in [0.29, 0.717) is 0 Å². The van der Waals surface area contributed by atoms with E-state index in [2.05, 4.69) is 69.3 Å². The van der Waals surface area contributed by atoms with E-state index in [1.165, 1.54) is 22.3 Å². The van der Waals surface area contributed by atoms with Crippen LogP contribution < -0.4 is 0 Å². The average Bonchev–Trinajstić information content (AvgIpc) is 2.60. The smallest absolute Gasteiger partial charge is 0.0283 e. The third-order valence-corrected chi connectivity index (χ3v) is 3.67. The predicted molar refractivity (Wildman–Crippen MR) is 111 cm³/mol. The van der Waals surface area contributed by atoms with Crippen LogP contribution in [0.3, 0.4) is 0 Å². The number of nitrogens with zero attached hydrogens (tertiary/aromatic N) is 1. The van der Waals surface area contributed by atoms with Crippen molar-refractivity contribution in [1.82, 2.24) is 0 Å². The lowest BCUT2D eigenvalue weighted by atomic mass is 10.0. The molecule has 1 aromatic carbocycles. The van der Waals surface area contributed by atoms with Crippen molar-refractivity contribution in [2.24, 2.45) is 4.99 Å². The van der Waals surface area contributed by atoms with Crippen LogP contribution >= 0.6 is 0 Å². The molecule has 1 rings (SSSR count). The number of hydrogen-bond donors (Lipinski definition) is 0. The molecule has 0 aliphatic rings. The summed E-state index contributed by atoms with van der Waals surface area (Å²) in [6, 6.07) is 10.4. The van der Waals surface area contributed by atoms with Crippen LogP contribution in [0.5, 0.6) is 0 Å². The van der Waals surface area contributed by atoms with Crippen LogP contribution in [0.1, 0.15) is 33.3 Å². The first kappa shape index (κ1) is 21.6. The zero-order valence-electron chi connectivity index (χ0n) is 15.8. The van der Waals surface area contributed by atoms with Crippen LogP contribution in [-0.2, 0) is 6.42 Å². The molecule has 0 aliphatic heterocycles. The van der Waals surface area contributed by atoms with Crippen molar-refractivity contribution in [3.05, 3.63) is 95.6 Å². The van der Waals surface area contributed by atoms with Gasteiger partial charge in [0, 0.05) is 13.3 Å². The highest BCUT2D eigenvalue weighted by atomic mass is 14.6. The highest BCUT2D eigenvalue weighted by molar-refractivity contribution is 5.84. The Morgan fingerprint density at radius 2 is 1.71 bits per heavy atom. The Labute approximate surface area is 148 Å². The molecule has 0 unspecified atom stereocenters. The second kappa shape index (κ2) is 13.1. The first-order chi connectivity index (χ1) is 11.5. The van der Waals surface area contributed by atoms with Gasteiger partial charge in [-0.3, -0.25) is 4.99 Å². The zero-order chi connectivity index (χ0) is 18.4. The van der Waals surface area contributed by atoms with Gasteiger partial charge >= 0.3 is 0 Å². The molecule has 0 atom stereocenters. The Kier molecular flexibility index (Phi) is 11.8. The van der Waals surface area contributed by atoms with Crippen molar-refractivity contribution in [3.8, 4) is 0 Å². The molecule has 0 aliphatic carbocycles. The number of allylic oxidation sites excluding steroid dienone is 8. The fourth-order valence-corrected chi connectivity index (χ4v) is 2.06. The molecule has 0 saturated carbocycles. The van der Waals surface area contributed by atoms with Crippen LogP contribution in [-0.4, -0.2) is 13.3 Å². The van der Waals surface area contributed by atoms with Crippen molar-refractivity contribution in [1.29, 1.82) is 0 Å². The van der Waals surface area contributed by atoms with Crippen LogP contribution in [0.2, 0.25) is 0 Å². The van der Waals surface area contributed by atoms with Crippen LogP contribution in [0.25, 0.3) is 0 Å². The average molecular weight is 322 g/mol. The molecular formula is C23H31N. The topological polar surface area (TPSA) is 12.4 Å². The number of benzene rings is 1. The molecule has 0 radical (unpaired) electrons. The summed E-state index contributed by atoms with van der Waals surface area (Å²) in [7, 11) is 1.77. The molecule has 1 heteroatoms. The molecule has 128 valence electrons. The summed E-state index contributed by atoms with van der Waals surface area (Å²) in [6.45, 7) is 15.7. The van der Waals surface area contributed by atoms with E-state index in [1.807, 2.05) is 37.4 Å². The summed E-state index contributed by atoms with van der Waals surface area (Å²) in [4.78, 5) is 3.96. The van der Waals surface area contributed by atoms with Crippen LogP contribution in [0.15, 0.2) is 95.1 Å². The lowest BCUT2D eigenvalue weighted by Gasteiger charge is -2.03. The van der Waals surface area contributed by atoms with Gasteiger partial charge < -0.3 is 0 Å². The van der Waals surface area contributed by atoms with E-state index in [-0.39, 0.29) is 0 Å². The van der Waals surface area contributed by atoms with Crippen molar-refractivity contribution in [2.45, 2.75) is 34.1 Å². The van der Waals surface area contributed by atoms with Crippen molar-refractivity contribution >= 4 is 6.21 Å². The number of hydrogen-bond acceptors (Lipinski definition) is 1. The summed E-state index contributed by atoms with van der Waals surface area (Å²) >= 11 is 0. The van der Waals surface area contributed by atoms with Gasteiger partial charge in [0.1, 0.15) is 0 Å². The van der Waals surface area contributed by atoms with Crippen molar-refractivity contribution < 1.29 is 0 Å². The largest absolute Gasteiger partial charge is 0.296 e. The third kappa shape index (κ3) is 8.89. The maximum absolute atomic E-state index is 3.96. The van der Waals surface area contributed by atoms with Gasteiger partial charge in [0.15, 0.2) is 0 Å². The van der Waals surface area contributed by atoms with E-state index in [9.17, 15) is 0 Å². The molecule has 0 amide bonds. The maximum atomic E-state index is 3.96. The van der Waals surface area contributed by atoms with Gasteiger partial charge in [-0.05, 0) is 50.8 Å². The molecule has 0 heterocycles. The lowest BCUT2D eigenvalue weighted by Crippen LogP contribution is -1.88. The third-order valence-electron chi connectivity index (χ3n) is 3.67. The molecule has 0 bridgehead atoms. The van der Waals surface area contributed by atoms with Gasteiger partial charge in [0.25, 0.3) is 0 Å². The first-order valence-corrected chi connectivity index (χ1v) is 8.21. The van der Waals surface area contributed by atoms with E-state index in [4.69, 9.17) is 0 Å². The Morgan fingerprint density at radius 1 is 1.08 bits per heavy atom. The minimum atomic E-state index is 1.02. The van der Waals surface area contributed by atoms with Gasteiger partial charge in [0.2, 0.25) is 0 Å². The summed E-state index contributed by atoms with van der Waals surface area (Å²) < 4.78 is 0. The van der Waals surface area contributed by atoms with E-state index in [1.54, 1.807) is 7.05 Å². The molecule has 0 fully saturated rings. The molecule has 24 heavy (non-hydrogen) atoms. The first-order valence-electron chi connectivity index (χ1n) is 8.21. The minimum Gasteiger partial charge on any atom is -0.296 e. The van der Waals surface area contributed by atoms with Crippen LogP contribution in [0.4, 0.5) is 0 Å². The van der Waals surface area contributed by atoms with Crippen molar-refractivity contribution in [3.63, 3.8) is 0 Å². The lowest BCUT2D eigenvalue weighted by molar-refractivity contribution is 1.14. The highest BCUT2D eigenvalue weighted by Crippen LogP contribution is 2.13. The molecule has 0 N–H and O–H groups in total. The second-order valence-corrected chi connectivity index (χ2v) is 5.55. The van der Waals surface area contributed by atoms with Gasteiger partial charge in [-0.1, -0.05) is 78.9 Å². The fourth-order valence-electron chi connectivity index (χ4n) is 2.06. The van der Waals surface area contributed by atoms with E-state index < -0.39 is 0 Å². The predicted octanol–water partition coefficient (Wildman–Crippen LogP) is 6.52. The molecule has 0 spiro atoms. The maximum Gasteiger partial charge on any atom is 0.0283 e. The molecule has 0 saturated heterocycles. The Balaban J connectivity index is 0.000000441. The zero-order valence-corrected chi connectivity index (χ0v) is 15.8.